The standard InChI is InChI=1S/C16H20O2/c1-18-15-4-2-3-13(9-15)16(17)10-14-8-11-5-6-12(14)7-11/h2-4,9,11-12,14H,5-8,10H2,1H3. The molecule has 0 radical (unpaired) electrons. The molecule has 18 heavy (non-hydrogen) atoms. The van der Waals surface area contributed by atoms with Crippen molar-refractivity contribution in [1.82, 2.24) is 0 Å². The van der Waals surface area contributed by atoms with Crippen LogP contribution in [0.4, 0.5) is 0 Å². The third kappa shape index (κ3) is 2.16. The molecule has 96 valence electrons. The van der Waals surface area contributed by atoms with Crippen molar-refractivity contribution in [2.24, 2.45) is 17.8 Å². The topological polar surface area (TPSA) is 26.3 Å². The van der Waals surface area contributed by atoms with E-state index in [1.807, 2.05) is 24.3 Å². The minimum Gasteiger partial charge on any atom is -0.497 e. The van der Waals surface area contributed by atoms with Gasteiger partial charge in [0.2, 0.25) is 0 Å². The fourth-order valence-electron chi connectivity index (χ4n) is 3.78. The summed E-state index contributed by atoms with van der Waals surface area (Å²) in [6, 6.07) is 7.54. The van der Waals surface area contributed by atoms with Crippen molar-refractivity contribution >= 4 is 5.78 Å². The van der Waals surface area contributed by atoms with E-state index < -0.39 is 0 Å². The molecule has 2 aliphatic rings. The molecule has 2 fully saturated rings. The largest absolute Gasteiger partial charge is 0.497 e. The number of hydrogen-bond donors (Lipinski definition) is 0. The van der Waals surface area contributed by atoms with Crippen LogP contribution in [0.2, 0.25) is 0 Å². The molecular formula is C16H20O2. The summed E-state index contributed by atoms with van der Waals surface area (Å²) in [6.07, 6.45) is 6.13. The van der Waals surface area contributed by atoms with E-state index in [-0.39, 0.29) is 5.78 Å². The van der Waals surface area contributed by atoms with E-state index in [0.717, 1.165) is 29.6 Å². The lowest BCUT2D eigenvalue weighted by atomic mass is 9.84. The normalized spacial score (nSPS) is 29.5. The zero-order valence-corrected chi connectivity index (χ0v) is 10.9. The van der Waals surface area contributed by atoms with Gasteiger partial charge in [-0.25, -0.2) is 0 Å². The Morgan fingerprint density at radius 3 is 2.89 bits per heavy atom. The molecule has 0 aromatic heterocycles. The maximum absolute atomic E-state index is 12.3. The average molecular weight is 244 g/mol. The fraction of sp³-hybridized carbons (Fsp3) is 0.562. The lowest BCUT2D eigenvalue weighted by molar-refractivity contribution is 0.0944. The van der Waals surface area contributed by atoms with Crippen molar-refractivity contribution in [2.45, 2.75) is 32.1 Å². The number of benzene rings is 1. The van der Waals surface area contributed by atoms with E-state index in [1.54, 1.807) is 7.11 Å². The van der Waals surface area contributed by atoms with Crippen LogP contribution >= 0.6 is 0 Å². The van der Waals surface area contributed by atoms with Gasteiger partial charge in [0.25, 0.3) is 0 Å². The highest BCUT2D eigenvalue weighted by molar-refractivity contribution is 5.96. The van der Waals surface area contributed by atoms with E-state index in [4.69, 9.17) is 4.74 Å². The Balaban J connectivity index is 1.67. The first-order valence-corrected chi connectivity index (χ1v) is 6.93. The molecule has 2 saturated carbocycles. The predicted octanol–water partition coefficient (Wildman–Crippen LogP) is 3.70. The molecule has 0 saturated heterocycles. The number of ether oxygens (including phenoxy) is 1. The molecule has 0 spiro atoms. The second kappa shape index (κ2) is 4.75. The van der Waals surface area contributed by atoms with Gasteiger partial charge in [0, 0.05) is 12.0 Å². The lowest BCUT2D eigenvalue weighted by Crippen LogP contribution is -2.15. The number of ketones is 1. The van der Waals surface area contributed by atoms with Gasteiger partial charge in [-0.05, 0) is 49.1 Å². The van der Waals surface area contributed by atoms with E-state index in [0.29, 0.717) is 5.92 Å². The summed E-state index contributed by atoms with van der Waals surface area (Å²) in [5.74, 6) is 3.44. The Hall–Kier alpha value is -1.31. The quantitative estimate of drug-likeness (QED) is 0.755. The van der Waals surface area contributed by atoms with Crippen LogP contribution in [0.5, 0.6) is 5.75 Å². The zero-order valence-electron chi connectivity index (χ0n) is 10.9. The number of carbonyl (C=O) groups is 1. The molecule has 0 aliphatic heterocycles. The molecule has 2 nitrogen and oxygen atoms in total. The summed E-state index contributed by atoms with van der Waals surface area (Å²) in [7, 11) is 1.64. The Kier molecular flexibility index (Phi) is 3.11. The van der Waals surface area contributed by atoms with Crippen LogP contribution in [-0.2, 0) is 0 Å². The molecule has 2 aliphatic carbocycles. The number of hydrogen-bond acceptors (Lipinski definition) is 2. The van der Waals surface area contributed by atoms with E-state index in [9.17, 15) is 4.79 Å². The van der Waals surface area contributed by atoms with Crippen LogP contribution in [0, 0.1) is 17.8 Å². The summed E-state index contributed by atoms with van der Waals surface area (Å²) < 4.78 is 5.17. The van der Waals surface area contributed by atoms with E-state index in [2.05, 4.69) is 0 Å². The van der Waals surface area contributed by atoms with Crippen LogP contribution < -0.4 is 4.74 Å². The van der Waals surface area contributed by atoms with Gasteiger partial charge in [-0.3, -0.25) is 4.79 Å². The minimum absolute atomic E-state index is 0.284. The van der Waals surface area contributed by atoms with Crippen LogP contribution in [0.1, 0.15) is 42.5 Å². The SMILES string of the molecule is COc1cccc(C(=O)CC2CC3CCC2C3)c1. The number of methoxy groups -OCH3 is 1. The van der Waals surface area contributed by atoms with Crippen LogP contribution in [-0.4, -0.2) is 12.9 Å². The first-order chi connectivity index (χ1) is 8.76. The van der Waals surface area contributed by atoms with E-state index in [1.165, 1.54) is 25.7 Å². The molecule has 3 atom stereocenters. The van der Waals surface area contributed by atoms with Crippen molar-refractivity contribution in [3.63, 3.8) is 0 Å². The molecule has 3 unspecified atom stereocenters. The van der Waals surface area contributed by atoms with Gasteiger partial charge < -0.3 is 4.74 Å². The first kappa shape index (κ1) is 11.8. The Morgan fingerprint density at radius 1 is 1.33 bits per heavy atom. The Labute approximate surface area is 108 Å². The first-order valence-electron chi connectivity index (χ1n) is 6.93. The molecule has 3 rings (SSSR count). The summed E-state index contributed by atoms with van der Waals surface area (Å²) in [4.78, 5) is 12.3. The van der Waals surface area contributed by atoms with Gasteiger partial charge >= 0.3 is 0 Å². The predicted molar refractivity (Wildman–Crippen MR) is 70.9 cm³/mol. The van der Waals surface area contributed by atoms with Crippen molar-refractivity contribution in [2.75, 3.05) is 7.11 Å². The zero-order chi connectivity index (χ0) is 12.5. The number of rotatable bonds is 4. The molecule has 1 aromatic rings. The highest BCUT2D eigenvalue weighted by Crippen LogP contribution is 2.49. The Bertz CT molecular complexity index is 452. The summed E-state index contributed by atoms with van der Waals surface area (Å²) in [5.41, 5.74) is 0.803. The van der Waals surface area contributed by atoms with Gasteiger partial charge in [-0.1, -0.05) is 18.6 Å². The maximum atomic E-state index is 12.3. The van der Waals surface area contributed by atoms with Gasteiger partial charge in [-0.2, -0.15) is 0 Å². The van der Waals surface area contributed by atoms with Crippen molar-refractivity contribution < 1.29 is 9.53 Å². The number of Topliss-reactive ketones (excluding diaryl/α,β-unsaturated/α-hetero) is 1. The van der Waals surface area contributed by atoms with Gasteiger partial charge in [0.1, 0.15) is 5.75 Å². The third-order valence-electron chi connectivity index (χ3n) is 4.72. The van der Waals surface area contributed by atoms with Crippen LogP contribution in [0.25, 0.3) is 0 Å². The van der Waals surface area contributed by atoms with E-state index >= 15 is 0 Å². The molecule has 2 bridgehead atoms. The molecule has 1 aromatic carbocycles. The van der Waals surface area contributed by atoms with Gasteiger partial charge in [-0.15, -0.1) is 0 Å². The fourth-order valence-corrected chi connectivity index (χ4v) is 3.78. The number of carbonyl (C=O) groups excluding carboxylic acids is 1. The minimum atomic E-state index is 0.284. The summed E-state index contributed by atoms with van der Waals surface area (Å²) in [6.45, 7) is 0. The molecule has 2 heteroatoms. The van der Waals surface area contributed by atoms with Gasteiger partial charge in [0.15, 0.2) is 5.78 Å². The van der Waals surface area contributed by atoms with Crippen molar-refractivity contribution in [3.8, 4) is 5.75 Å². The number of fused-ring (bicyclic) bond motifs is 2. The van der Waals surface area contributed by atoms with Crippen LogP contribution in [0.15, 0.2) is 24.3 Å². The molecule has 0 heterocycles. The second-order valence-corrected chi connectivity index (χ2v) is 5.79. The highest BCUT2D eigenvalue weighted by Gasteiger charge is 2.40. The molecular weight excluding hydrogens is 224 g/mol. The maximum Gasteiger partial charge on any atom is 0.163 e. The summed E-state index contributed by atoms with van der Waals surface area (Å²) >= 11 is 0. The molecule has 0 N–H and O–H groups in total. The molecule has 0 amide bonds. The summed E-state index contributed by atoms with van der Waals surface area (Å²) in [5, 5.41) is 0. The Morgan fingerprint density at radius 2 is 2.22 bits per heavy atom. The monoisotopic (exact) mass is 244 g/mol. The third-order valence-corrected chi connectivity index (χ3v) is 4.72. The highest BCUT2D eigenvalue weighted by atomic mass is 16.5. The lowest BCUT2D eigenvalue weighted by Gasteiger charge is -2.20. The second-order valence-electron chi connectivity index (χ2n) is 5.79. The average Bonchev–Trinajstić information content (AvgIpc) is 3.01. The van der Waals surface area contributed by atoms with Crippen molar-refractivity contribution in [1.29, 1.82) is 0 Å². The van der Waals surface area contributed by atoms with Crippen LogP contribution in [0.3, 0.4) is 0 Å². The van der Waals surface area contributed by atoms with Gasteiger partial charge in [0.05, 0.1) is 7.11 Å². The smallest absolute Gasteiger partial charge is 0.163 e. The van der Waals surface area contributed by atoms with Crippen molar-refractivity contribution in [3.05, 3.63) is 29.8 Å².